The number of carbonyl (C=O) groups is 1. The number of benzene rings is 1. The van der Waals surface area contributed by atoms with E-state index in [-0.39, 0.29) is 35.7 Å². The third-order valence-electron chi connectivity index (χ3n) is 7.76. The van der Waals surface area contributed by atoms with Crippen molar-refractivity contribution in [3.63, 3.8) is 0 Å². The van der Waals surface area contributed by atoms with Gasteiger partial charge in [0.2, 0.25) is 5.88 Å². The van der Waals surface area contributed by atoms with E-state index in [1.165, 1.54) is 23.5 Å². The van der Waals surface area contributed by atoms with Crippen molar-refractivity contribution < 1.29 is 18.5 Å². The molecule has 2 unspecified atom stereocenters. The van der Waals surface area contributed by atoms with E-state index >= 15 is 0 Å². The van der Waals surface area contributed by atoms with Gasteiger partial charge >= 0.3 is 0 Å². The van der Waals surface area contributed by atoms with E-state index in [9.17, 15) is 13.7 Å². The van der Waals surface area contributed by atoms with Crippen molar-refractivity contribution in [1.29, 1.82) is 0 Å². The van der Waals surface area contributed by atoms with E-state index in [1.54, 1.807) is 35.4 Å². The number of aromatic nitrogens is 4. The number of rotatable bonds is 8. The summed E-state index contributed by atoms with van der Waals surface area (Å²) in [7, 11) is 1.77. The van der Waals surface area contributed by atoms with E-state index in [2.05, 4.69) is 14.8 Å². The zero-order valence-corrected chi connectivity index (χ0v) is 25.7. The van der Waals surface area contributed by atoms with Gasteiger partial charge in [-0.2, -0.15) is 5.10 Å². The lowest BCUT2D eigenvalue weighted by molar-refractivity contribution is 0.0740. The summed E-state index contributed by atoms with van der Waals surface area (Å²) in [6, 6.07) is 11.5. The van der Waals surface area contributed by atoms with Gasteiger partial charge in [-0.05, 0) is 69.7 Å². The highest BCUT2D eigenvalue weighted by atomic mass is 32.2. The smallest absolute Gasteiger partial charge is 0.272 e. The van der Waals surface area contributed by atoms with Crippen LogP contribution in [0, 0.1) is 17.7 Å². The van der Waals surface area contributed by atoms with E-state index in [1.807, 2.05) is 50.1 Å². The van der Waals surface area contributed by atoms with E-state index < -0.39 is 16.1 Å². The third-order valence-corrected chi connectivity index (χ3v) is 10.0. The number of amides is 1. The number of pyridine rings is 1. The highest BCUT2D eigenvalue weighted by molar-refractivity contribution is 7.90. The molecule has 0 radical (unpaired) electrons. The van der Waals surface area contributed by atoms with E-state index in [4.69, 9.17) is 9.72 Å². The Bertz CT molecular complexity index is 1580. The number of halogens is 1. The topological polar surface area (TPSA) is 108 Å². The number of nitrogens with zero attached hydrogens (tertiary/aromatic N) is 5. The van der Waals surface area contributed by atoms with Crippen LogP contribution in [0.5, 0.6) is 5.88 Å². The van der Waals surface area contributed by atoms with Gasteiger partial charge < -0.3 is 14.2 Å². The van der Waals surface area contributed by atoms with Crippen LogP contribution in [0.25, 0.3) is 22.6 Å². The first kappa shape index (κ1) is 28.8. The van der Waals surface area contributed by atoms with Gasteiger partial charge in [-0.25, -0.2) is 14.4 Å². The quantitative estimate of drug-likeness (QED) is 0.280. The van der Waals surface area contributed by atoms with E-state index in [0.29, 0.717) is 36.1 Å². The fourth-order valence-electron chi connectivity index (χ4n) is 5.26. The number of fused-ring (bicyclic) bond motifs is 1. The number of likely N-dealkylation sites (tertiary alicyclic amines) is 1. The molecular formula is C30H33FN6O3S2. The zero-order valence-electron chi connectivity index (χ0n) is 24.1. The standard InChI is InChI=1S/C30H33FN6O3S2/c1-17(35-42(39)30(2,3)4)19-10-23(18-6-8-20(31)9-7-18)33-27(11-19)40-28-21-13-37(14-22(21)28)29(38)26-12-24(34-36(26)5)25-15-41-16-32-25/h6-12,15-17,21-22,28,35H,13-14H2,1-5H3/t17?,21-,22+,28-,42?. The molecule has 2 aliphatic rings. The van der Waals surface area contributed by atoms with Gasteiger partial charge in [0.1, 0.15) is 33.7 Å². The molecule has 1 N–H and O–H groups in total. The molecule has 12 heteroatoms. The molecule has 4 aromatic rings. The average Bonchev–Trinajstić information content (AvgIpc) is 3.45. The number of ether oxygens (including phenoxy) is 1. The number of hydrogen-bond acceptors (Lipinski definition) is 8. The minimum Gasteiger partial charge on any atom is -0.598 e. The van der Waals surface area contributed by atoms with Crippen LogP contribution in [-0.4, -0.2) is 59.0 Å². The predicted octanol–water partition coefficient (Wildman–Crippen LogP) is 5.01. The molecule has 5 atom stereocenters. The Labute approximate surface area is 251 Å². The molecule has 2 fully saturated rings. The lowest BCUT2D eigenvalue weighted by atomic mass is 10.1. The van der Waals surface area contributed by atoms with Crippen LogP contribution in [0.4, 0.5) is 4.39 Å². The largest absolute Gasteiger partial charge is 0.598 e. The maximum absolute atomic E-state index is 13.6. The summed E-state index contributed by atoms with van der Waals surface area (Å²) in [5.41, 5.74) is 6.00. The summed E-state index contributed by atoms with van der Waals surface area (Å²) in [6.45, 7) is 8.90. The average molecular weight is 609 g/mol. The summed E-state index contributed by atoms with van der Waals surface area (Å²) >= 11 is 0.217. The van der Waals surface area contributed by atoms with Crippen LogP contribution < -0.4 is 9.46 Å². The molecule has 0 spiro atoms. The third kappa shape index (κ3) is 5.81. The molecular weight excluding hydrogens is 576 g/mol. The first-order valence-corrected chi connectivity index (χ1v) is 15.9. The molecule has 0 bridgehead atoms. The second-order valence-corrected chi connectivity index (χ2v) is 14.6. The normalized spacial score (nSPS) is 21.2. The number of hydrogen-bond donors (Lipinski definition) is 1. The Balaban J connectivity index is 1.16. The molecule has 1 saturated heterocycles. The van der Waals surface area contributed by atoms with Crippen molar-refractivity contribution in [2.75, 3.05) is 13.1 Å². The second-order valence-electron chi connectivity index (χ2n) is 11.9. The molecule has 1 aliphatic carbocycles. The summed E-state index contributed by atoms with van der Waals surface area (Å²) in [4.78, 5) is 24.2. The molecule has 1 aromatic carbocycles. The first-order chi connectivity index (χ1) is 20.0. The van der Waals surface area contributed by atoms with Gasteiger partial charge in [0.25, 0.3) is 5.91 Å². The minimum absolute atomic E-state index is 0.0529. The first-order valence-electron chi connectivity index (χ1n) is 13.8. The fourth-order valence-corrected chi connectivity index (χ4v) is 6.61. The molecule has 1 amide bonds. The van der Waals surface area contributed by atoms with Crippen molar-refractivity contribution in [3.8, 4) is 28.5 Å². The maximum Gasteiger partial charge on any atom is 0.272 e. The molecule has 6 rings (SSSR count). The van der Waals surface area contributed by atoms with Crippen LogP contribution >= 0.6 is 11.3 Å². The molecule has 1 aliphatic heterocycles. The minimum atomic E-state index is -1.27. The van der Waals surface area contributed by atoms with Gasteiger partial charge in [-0.15, -0.1) is 16.1 Å². The highest BCUT2D eigenvalue weighted by Gasteiger charge is 2.59. The molecule has 4 heterocycles. The molecule has 42 heavy (non-hydrogen) atoms. The molecule has 3 aromatic heterocycles. The molecule has 1 saturated carbocycles. The van der Waals surface area contributed by atoms with Gasteiger partial charge in [-0.3, -0.25) is 9.48 Å². The fraction of sp³-hybridized carbons (Fsp3) is 0.400. The predicted molar refractivity (Wildman–Crippen MR) is 161 cm³/mol. The van der Waals surface area contributed by atoms with Crippen molar-refractivity contribution in [1.82, 2.24) is 29.4 Å². The van der Waals surface area contributed by atoms with Crippen molar-refractivity contribution >= 4 is 28.6 Å². The zero-order chi connectivity index (χ0) is 29.8. The Morgan fingerprint density at radius 3 is 2.50 bits per heavy atom. The SMILES string of the molecule is CC(N[S+]([O-])C(C)(C)C)c1cc(O[C@@H]2[C@@H]3CN(C(=O)c4cc(-c5cscn5)nn4C)C[C@@H]32)nc(-c2ccc(F)cc2)c1. The monoisotopic (exact) mass is 608 g/mol. The maximum atomic E-state index is 13.6. The Hall–Kier alpha value is -3.32. The lowest BCUT2D eigenvalue weighted by Gasteiger charge is -2.27. The molecule has 220 valence electrons. The summed E-state index contributed by atoms with van der Waals surface area (Å²) in [5, 5.41) is 6.39. The number of aryl methyl sites for hydroxylation is 1. The van der Waals surface area contributed by atoms with Gasteiger partial charge in [0.05, 0.1) is 17.2 Å². The Morgan fingerprint density at radius 2 is 1.86 bits per heavy atom. The number of nitrogens with one attached hydrogen (secondary N) is 1. The highest BCUT2D eigenvalue weighted by Crippen LogP contribution is 2.48. The number of carbonyl (C=O) groups excluding carboxylic acids is 1. The van der Waals surface area contributed by atoms with Crippen LogP contribution in [0.15, 0.2) is 53.4 Å². The van der Waals surface area contributed by atoms with Gasteiger partial charge in [0.15, 0.2) is 0 Å². The van der Waals surface area contributed by atoms with Crippen LogP contribution in [0.1, 0.15) is 49.8 Å². The van der Waals surface area contributed by atoms with Gasteiger partial charge in [0, 0.05) is 60.3 Å². The van der Waals surface area contributed by atoms with Gasteiger partial charge in [-0.1, -0.05) is 0 Å². The second kappa shape index (κ2) is 11.1. The molecule has 9 nitrogen and oxygen atoms in total. The van der Waals surface area contributed by atoms with Crippen LogP contribution in [-0.2, 0) is 18.4 Å². The summed E-state index contributed by atoms with van der Waals surface area (Å²) in [5.74, 6) is 0.506. The number of piperidine rings is 1. The summed E-state index contributed by atoms with van der Waals surface area (Å²) < 4.78 is 37.2. The summed E-state index contributed by atoms with van der Waals surface area (Å²) in [6.07, 6.45) is -0.0538. The van der Waals surface area contributed by atoms with Crippen LogP contribution in [0.3, 0.4) is 0 Å². The van der Waals surface area contributed by atoms with Crippen molar-refractivity contribution in [2.24, 2.45) is 18.9 Å². The van der Waals surface area contributed by atoms with E-state index in [0.717, 1.165) is 16.8 Å². The lowest BCUT2D eigenvalue weighted by Crippen LogP contribution is -2.40. The Morgan fingerprint density at radius 1 is 1.14 bits per heavy atom. The van der Waals surface area contributed by atoms with Crippen molar-refractivity contribution in [2.45, 2.75) is 44.6 Å². The number of thiazole rings is 1. The Kier molecular flexibility index (Phi) is 7.58. The van der Waals surface area contributed by atoms with Crippen LogP contribution in [0.2, 0.25) is 0 Å². The van der Waals surface area contributed by atoms with Crippen molar-refractivity contribution in [3.05, 3.63) is 70.4 Å².